The summed E-state index contributed by atoms with van der Waals surface area (Å²) in [6, 6.07) is 10.5. The van der Waals surface area contributed by atoms with Crippen LogP contribution < -0.4 is 24.6 Å². The van der Waals surface area contributed by atoms with Gasteiger partial charge in [0, 0.05) is 37.0 Å². The highest BCUT2D eigenvalue weighted by atomic mass is 16.7. The van der Waals surface area contributed by atoms with Gasteiger partial charge in [0.15, 0.2) is 11.5 Å². The van der Waals surface area contributed by atoms with Gasteiger partial charge in [0.2, 0.25) is 18.6 Å². The first-order chi connectivity index (χ1) is 17.1. The number of benzene rings is 2. The first-order valence-corrected chi connectivity index (χ1v) is 12.3. The molecule has 0 aliphatic carbocycles. The smallest absolute Gasteiger partial charge is 0.253 e. The van der Waals surface area contributed by atoms with Crippen LogP contribution in [0.15, 0.2) is 36.4 Å². The number of rotatable bonds is 4. The maximum absolute atomic E-state index is 13.6. The summed E-state index contributed by atoms with van der Waals surface area (Å²) in [5, 5.41) is 2.87. The third-order valence-electron chi connectivity index (χ3n) is 7.23. The number of ether oxygens (including phenoxy) is 2. The average molecular weight is 477 g/mol. The molecular formula is C26H28N4O5. The van der Waals surface area contributed by atoms with E-state index in [2.05, 4.69) is 10.2 Å². The minimum absolute atomic E-state index is 0.0247. The van der Waals surface area contributed by atoms with Crippen molar-refractivity contribution in [2.75, 3.05) is 48.1 Å². The van der Waals surface area contributed by atoms with Crippen molar-refractivity contribution >= 4 is 34.8 Å². The van der Waals surface area contributed by atoms with E-state index in [1.807, 2.05) is 17.0 Å². The second-order valence-corrected chi connectivity index (χ2v) is 9.45. The zero-order chi connectivity index (χ0) is 23.9. The number of fused-ring (bicyclic) bond motifs is 4. The molecule has 2 fully saturated rings. The molecule has 2 aromatic carbocycles. The van der Waals surface area contributed by atoms with Crippen molar-refractivity contribution < 1.29 is 23.9 Å². The maximum Gasteiger partial charge on any atom is 0.253 e. The van der Waals surface area contributed by atoms with E-state index in [0.29, 0.717) is 28.4 Å². The van der Waals surface area contributed by atoms with Crippen molar-refractivity contribution in [2.24, 2.45) is 0 Å². The number of piperidine rings is 1. The molecular weight excluding hydrogens is 448 g/mol. The van der Waals surface area contributed by atoms with E-state index >= 15 is 0 Å². The topological polar surface area (TPSA) is 91.4 Å². The first kappa shape index (κ1) is 21.8. The molecule has 4 aliphatic heterocycles. The van der Waals surface area contributed by atoms with Crippen LogP contribution in [-0.4, -0.2) is 61.6 Å². The van der Waals surface area contributed by atoms with E-state index in [4.69, 9.17) is 9.47 Å². The summed E-state index contributed by atoms with van der Waals surface area (Å²) >= 11 is 0. The molecule has 9 nitrogen and oxygen atoms in total. The second-order valence-electron chi connectivity index (χ2n) is 9.45. The lowest BCUT2D eigenvalue weighted by Gasteiger charge is -2.45. The van der Waals surface area contributed by atoms with Gasteiger partial charge in [0.25, 0.3) is 5.91 Å². The molecule has 6 rings (SSSR count). The number of nitrogens with one attached hydrogen (secondary N) is 1. The van der Waals surface area contributed by atoms with Crippen LogP contribution in [0.2, 0.25) is 0 Å². The van der Waals surface area contributed by atoms with Gasteiger partial charge in [0.1, 0.15) is 12.6 Å². The highest BCUT2D eigenvalue weighted by Crippen LogP contribution is 2.40. The molecule has 3 amide bonds. The fraction of sp³-hybridized carbons (Fsp3) is 0.423. The maximum atomic E-state index is 13.6. The van der Waals surface area contributed by atoms with E-state index in [0.717, 1.165) is 57.4 Å². The van der Waals surface area contributed by atoms with Crippen molar-refractivity contribution in [3.8, 4) is 11.5 Å². The number of carbonyl (C=O) groups is 3. The zero-order valence-corrected chi connectivity index (χ0v) is 19.5. The van der Waals surface area contributed by atoms with Crippen molar-refractivity contribution in [2.45, 2.75) is 38.1 Å². The third-order valence-corrected chi connectivity index (χ3v) is 7.23. The first-order valence-electron chi connectivity index (χ1n) is 12.3. The Morgan fingerprint density at radius 2 is 1.71 bits per heavy atom. The predicted molar refractivity (Wildman–Crippen MR) is 130 cm³/mol. The molecule has 0 spiro atoms. The minimum Gasteiger partial charge on any atom is -0.454 e. The van der Waals surface area contributed by atoms with Crippen molar-refractivity contribution in [3.05, 3.63) is 42.0 Å². The lowest BCUT2D eigenvalue weighted by molar-refractivity contribution is -0.123. The lowest BCUT2D eigenvalue weighted by atomic mass is 9.95. The molecule has 2 aromatic rings. The second kappa shape index (κ2) is 8.79. The van der Waals surface area contributed by atoms with Crippen LogP contribution in [0.3, 0.4) is 0 Å². The van der Waals surface area contributed by atoms with Crippen molar-refractivity contribution in [3.63, 3.8) is 0 Å². The molecule has 4 aliphatic rings. The predicted octanol–water partition coefficient (Wildman–Crippen LogP) is 3.00. The largest absolute Gasteiger partial charge is 0.454 e. The molecule has 0 bridgehead atoms. The van der Waals surface area contributed by atoms with Gasteiger partial charge in [-0.3, -0.25) is 19.3 Å². The van der Waals surface area contributed by atoms with Gasteiger partial charge in [0.05, 0.1) is 11.4 Å². The summed E-state index contributed by atoms with van der Waals surface area (Å²) in [6.45, 7) is 2.32. The Balaban J connectivity index is 1.29. The van der Waals surface area contributed by atoms with E-state index in [1.165, 1.54) is 0 Å². The summed E-state index contributed by atoms with van der Waals surface area (Å²) in [4.78, 5) is 45.2. The minimum atomic E-state index is -0.316. The standard InChI is InChI=1S/C26H28N4O5/c31-24(27-18-7-9-22-23(14-18)35-16-34-22)15-30-21-13-17(25(32)28-10-3-4-11-28)6-8-19(21)29-12-2-1-5-20(29)26(30)33/h6-9,13-14,20H,1-5,10-12,15-16H2,(H,27,31)/t20-/m1/s1. The Morgan fingerprint density at radius 3 is 2.57 bits per heavy atom. The molecule has 35 heavy (non-hydrogen) atoms. The van der Waals surface area contributed by atoms with Crippen LogP contribution in [0.4, 0.5) is 17.1 Å². The van der Waals surface area contributed by atoms with Crippen molar-refractivity contribution in [1.82, 2.24) is 4.90 Å². The molecule has 4 heterocycles. The molecule has 2 saturated heterocycles. The van der Waals surface area contributed by atoms with E-state index < -0.39 is 0 Å². The third kappa shape index (κ3) is 3.94. The van der Waals surface area contributed by atoms with Crippen LogP contribution in [0.5, 0.6) is 11.5 Å². The summed E-state index contributed by atoms with van der Waals surface area (Å²) in [6.07, 6.45) is 4.77. The van der Waals surface area contributed by atoms with Crippen LogP contribution in [0.25, 0.3) is 0 Å². The average Bonchev–Trinajstić information content (AvgIpc) is 3.58. The monoisotopic (exact) mass is 476 g/mol. The van der Waals surface area contributed by atoms with Crippen LogP contribution in [-0.2, 0) is 9.59 Å². The summed E-state index contributed by atoms with van der Waals surface area (Å²) in [5.74, 6) is 0.775. The number of likely N-dealkylation sites (tertiary alicyclic amines) is 1. The fourth-order valence-electron chi connectivity index (χ4n) is 5.48. The molecule has 0 unspecified atom stereocenters. The summed E-state index contributed by atoms with van der Waals surface area (Å²) < 4.78 is 10.7. The lowest BCUT2D eigenvalue weighted by Crippen LogP contribution is -2.56. The van der Waals surface area contributed by atoms with Crippen molar-refractivity contribution in [1.29, 1.82) is 0 Å². The van der Waals surface area contributed by atoms with Crippen LogP contribution >= 0.6 is 0 Å². The quantitative estimate of drug-likeness (QED) is 0.730. The molecule has 182 valence electrons. The molecule has 0 aromatic heterocycles. The van der Waals surface area contributed by atoms with Gasteiger partial charge in [-0.15, -0.1) is 0 Å². The fourth-order valence-corrected chi connectivity index (χ4v) is 5.48. The summed E-state index contributed by atoms with van der Waals surface area (Å²) in [7, 11) is 0. The Kier molecular flexibility index (Phi) is 5.47. The van der Waals surface area contributed by atoms with E-state index in [1.54, 1.807) is 29.2 Å². The van der Waals surface area contributed by atoms with Crippen LogP contribution in [0.1, 0.15) is 42.5 Å². The molecule has 0 saturated carbocycles. The molecule has 0 radical (unpaired) electrons. The Morgan fingerprint density at radius 1 is 0.914 bits per heavy atom. The molecule has 1 N–H and O–H groups in total. The van der Waals surface area contributed by atoms with Gasteiger partial charge in [-0.05, 0) is 62.4 Å². The van der Waals surface area contributed by atoms with Gasteiger partial charge in [-0.2, -0.15) is 0 Å². The van der Waals surface area contributed by atoms with Gasteiger partial charge in [-0.25, -0.2) is 0 Å². The number of hydrogen-bond donors (Lipinski definition) is 1. The number of anilines is 3. The molecule has 9 heteroatoms. The van der Waals surface area contributed by atoms with E-state index in [9.17, 15) is 14.4 Å². The number of amides is 3. The number of hydrogen-bond acceptors (Lipinski definition) is 6. The van der Waals surface area contributed by atoms with Gasteiger partial charge in [-0.1, -0.05) is 0 Å². The van der Waals surface area contributed by atoms with Gasteiger partial charge < -0.3 is 24.6 Å². The number of carbonyl (C=O) groups excluding carboxylic acids is 3. The Labute approximate surface area is 203 Å². The molecule has 1 atom stereocenters. The zero-order valence-electron chi connectivity index (χ0n) is 19.5. The Hall–Kier alpha value is -3.75. The highest BCUT2D eigenvalue weighted by Gasteiger charge is 2.40. The Bertz CT molecular complexity index is 1190. The number of nitrogens with zero attached hydrogens (tertiary/aromatic N) is 3. The highest BCUT2D eigenvalue weighted by molar-refractivity contribution is 6.11. The van der Waals surface area contributed by atoms with Crippen LogP contribution in [0, 0.1) is 0 Å². The van der Waals surface area contributed by atoms with E-state index in [-0.39, 0.29) is 37.1 Å². The summed E-state index contributed by atoms with van der Waals surface area (Å²) in [5.41, 5.74) is 2.65. The van der Waals surface area contributed by atoms with Gasteiger partial charge >= 0.3 is 0 Å². The normalized spacial score (nSPS) is 20.5. The SMILES string of the molecule is O=C(CN1C(=O)[C@H]2CCCCN2c2ccc(C(=O)N3CCCC3)cc21)Nc1ccc2c(c1)OCO2.